The van der Waals surface area contributed by atoms with E-state index in [1.807, 2.05) is 31.3 Å². The number of amides is 2. The fourth-order valence-electron chi connectivity index (χ4n) is 2.27. The lowest BCUT2D eigenvalue weighted by Gasteiger charge is -2.07. The predicted molar refractivity (Wildman–Crippen MR) is 93.7 cm³/mol. The zero-order valence-corrected chi connectivity index (χ0v) is 13.8. The summed E-state index contributed by atoms with van der Waals surface area (Å²) in [5.41, 5.74) is 3.03. The smallest absolute Gasteiger partial charge is 0.319 e. The Balaban J connectivity index is 1.63. The molecule has 0 aliphatic carbocycles. The van der Waals surface area contributed by atoms with E-state index in [0.717, 1.165) is 17.1 Å². The van der Waals surface area contributed by atoms with Gasteiger partial charge in [0.05, 0.1) is 34.3 Å². The molecule has 122 valence electrons. The van der Waals surface area contributed by atoms with Gasteiger partial charge >= 0.3 is 6.03 Å². The van der Waals surface area contributed by atoms with Gasteiger partial charge in [0.15, 0.2) is 0 Å². The molecule has 0 radical (unpaired) electrons. The molecular weight excluding hydrogens is 326 g/mol. The molecule has 3 aromatic rings. The van der Waals surface area contributed by atoms with E-state index in [2.05, 4.69) is 20.7 Å². The summed E-state index contributed by atoms with van der Waals surface area (Å²) in [7, 11) is 1.84. The first-order valence-electron chi connectivity index (χ1n) is 7.37. The largest absolute Gasteiger partial charge is 0.332 e. The van der Waals surface area contributed by atoms with Crippen LogP contribution in [-0.2, 0) is 13.6 Å². The van der Waals surface area contributed by atoms with E-state index >= 15 is 0 Å². The fourth-order valence-corrected chi connectivity index (χ4v) is 2.45. The summed E-state index contributed by atoms with van der Waals surface area (Å²) in [5.74, 6) is 0. The molecule has 0 bridgehead atoms. The average Bonchev–Trinajstić information content (AvgIpc) is 2.97. The highest BCUT2D eigenvalue weighted by atomic mass is 35.5. The lowest BCUT2D eigenvalue weighted by atomic mass is 10.2. The Labute approximate surface area is 144 Å². The third-order valence-corrected chi connectivity index (χ3v) is 3.74. The number of carbonyl (C=O) groups excluding carboxylic acids is 1. The number of aromatic nitrogens is 3. The molecular formula is C17H16ClN5O. The van der Waals surface area contributed by atoms with Gasteiger partial charge < -0.3 is 10.6 Å². The number of pyridine rings is 1. The number of nitrogens with zero attached hydrogens (tertiary/aromatic N) is 3. The molecule has 6 nitrogen and oxygen atoms in total. The minimum atomic E-state index is -0.340. The van der Waals surface area contributed by atoms with Crippen LogP contribution in [-0.4, -0.2) is 20.8 Å². The topological polar surface area (TPSA) is 71.8 Å². The molecule has 24 heavy (non-hydrogen) atoms. The maximum Gasteiger partial charge on any atom is 0.319 e. The van der Waals surface area contributed by atoms with Crippen molar-refractivity contribution in [1.82, 2.24) is 20.1 Å². The van der Waals surface area contributed by atoms with Crippen LogP contribution >= 0.6 is 11.6 Å². The third-order valence-electron chi connectivity index (χ3n) is 3.41. The van der Waals surface area contributed by atoms with Crippen LogP contribution < -0.4 is 10.6 Å². The van der Waals surface area contributed by atoms with Crippen molar-refractivity contribution in [3.8, 4) is 11.4 Å². The van der Waals surface area contributed by atoms with Gasteiger partial charge in [0.1, 0.15) is 0 Å². The molecule has 0 aliphatic heterocycles. The van der Waals surface area contributed by atoms with Crippen LogP contribution in [0.1, 0.15) is 5.69 Å². The van der Waals surface area contributed by atoms with E-state index in [0.29, 0.717) is 17.3 Å². The van der Waals surface area contributed by atoms with Crippen molar-refractivity contribution in [3.05, 3.63) is 65.4 Å². The van der Waals surface area contributed by atoms with Gasteiger partial charge in [0.2, 0.25) is 0 Å². The number of hydrogen-bond acceptors (Lipinski definition) is 3. The first-order chi connectivity index (χ1) is 11.6. The zero-order valence-electron chi connectivity index (χ0n) is 13.0. The standard InChI is InChI=1S/C17H16ClN5O/c1-23-16(15-8-4-5-9-19-15)10-12(22-23)11-20-17(24)21-14-7-3-2-6-13(14)18/h2-10H,11H2,1H3,(H2,20,21,24). The van der Waals surface area contributed by atoms with Crippen LogP contribution in [0.15, 0.2) is 54.7 Å². The van der Waals surface area contributed by atoms with E-state index in [4.69, 9.17) is 11.6 Å². The Hall–Kier alpha value is -2.86. The summed E-state index contributed by atoms with van der Waals surface area (Å²) in [6.07, 6.45) is 1.73. The maximum atomic E-state index is 12.0. The van der Waals surface area contributed by atoms with Crippen molar-refractivity contribution in [1.29, 1.82) is 0 Å². The van der Waals surface area contributed by atoms with Gasteiger partial charge in [0, 0.05) is 13.2 Å². The highest BCUT2D eigenvalue weighted by Gasteiger charge is 2.10. The molecule has 0 fully saturated rings. The highest BCUT2D eigenvalue weighted by molar-refractivity contribution is 6.33. The molecule has 0 spiro atoms. The summed E-state index contributed by atoms with van der Waals surface area (Å²) in [4.78, 5) is 16.3. The Kier molecular flexibility index (Phi) is 4.77. The van der Waals surface area contributed by atoms with Gasteiger partial charge in [-0.3, -0.25) is 9.67 Å². The number of rotatable bonds is 4. The second kappa shape index (κ2) is 7.14. The molecule has 0 atom stereocenters. The number of benzene rings is 1. The van der Waals surface area contributed by atoms with Crippen molar-refractivity contribution in [3.63, 3.8) is 0 Å². The van der Waals surface area contributed by atoms with Gasteiger partial charge in [0.25, 0.3) is 0 Å². The third kappa shape index (κ3) is 3.72. The number of carbonyl (C=O) groups is 1. The SMILES string of the molecule is Cn1nc(CNC(=O)Nc2ccccc2Cl)cc1-c1ccccn1. The number of aryl methyl sites for hydroxylation is 1. The second-order valence-corrected chi connectivity index (χ2v) is 5.55. The molecule has 3 rings (SSSR count). The monoisotopic (exact) mass is 341 g/mol. The van der Waals surface area contributed by atoms with Crippen molar-refractivity contribution >= 4 is 23.3 Å². The van der Waals surface area contributed by atoms with E-state index < -0.39 is 0 Å². The molecule has 1 aromatic carbocycles. The Bertz CT molecular complexity index is 847. The lowest BCUT2D eigenvalue weighted by Crippen LogP contribution is -2.28. The van der Waals surface area contributed by atoms with Gasteiger partial charge in [-0.2, -0.15) is 5.10 Å². The molecule has 2 amide bonds. The zero-order chi connectivity index (χ0) is 16.9. The minimum absolute atomic E-state index is 0.303. The van der Waals surface area contributed by atoms with Crippen molar-refractivity contribution in [2.45, 2.75) is 6.54 Å². The van der Waals surface area contributed by atoms with E-state index in [-0.39, 0.29) is 6.03 Å². The van der Waals surface area contributed by atoms with Gasteiger partial charge in [-0.25, -0.2) is 4.79 Å². The second-order valence-electron chi connectivity index (χ2n) is 5.15. The number of hydrogen-bond donors (Lipinski definition) is 2. The molecule has 2 heterocycles. The molecule has 7 heteroatoms. The summed E-state index contributed by atoms with van der Waals surface area (Å²) in [6, 6.07) is 14.3. The number of urea groups is 1. The van der Waals surface area contributed by atoms with Crippen LogP contribution in [0.4, 0.5) is 10.5 Å². The van der Waals surface area contributed by atoms with E-state index in [1.54, 1.807) is 35.1 Å². The molecule has 2 aromatic heterocycles. The van der Waals surface area contributed by atoms with Crippen molar-refractivity contribution in [2.75, 3.05) is 5.32 Å². The summed E-state index contributed by atoms with van der Waals surface area (Å²) >= 11 is 6.01. The van der Waals surface area contributed by atoms with Gasteiger partial charge in [-0.1, -0.05) is 29.8 Å². The van der Waals surface area contributed by atoms with Crippen LogP contribution in [0, 0.1) is 0 Å². The maximum absolute atomic E-state index is 12.0. The first kappa shape index (κ1) is 16.0. The predicted octanol–water partition coefficient (Wildman–Crippen LogP) is 3.46. The number of nitrogens with one attached hydrogen (secondary N) is 2. The molecule has 2 N–H and O–H groups in total. The molecule has 0 unspecified atom stereocenters. The Morgan fingerprint density at radius 2 is 2.00 bits per heavy atom. The first-order valence-corrected chi connectivity index (χ1v) is 7.75. The summed E-state index contributed by atoms with van der Waals surface area (Å²) < 4.78 is 1.74. The van der Waals surface area contributed by atoms with Gasteiger partial charge in [-0.05, 0) is 30.3 Å². The quantitative estimate of drug-likeness (QED) is 0.763. The van der Waals surface area contributed by atoms with Crippen LogP contribution in [0.5, 0.6) is 0 Å². The summed E-state index contributed by atoms with van der Waals surface area (Å²) in [5, 5.41) is 10.3. The van der Waals surface area contributed by atoms with Crippen LogP contribution in [0.3, 0.4) is 0 Å². The Morgan fingerprint density at radius 1 is 1.21 bits per heavy atom. The van der Waals surface area contributed by atoms with Crippen LogP contribution in [0.25, 0.3) is 11.4 Å². The fraction of sp³-hybridized carbons (Fsp3) is 0.118. The number of halogens is 1. The minimum Gasteiger partial charge on any atom is -0.332 e. The van der Waals surface area contributed by atoms with E-state index in [9.17, 15) is 4.79 Å². The molecule has 0 saturated heterocycles. The van der Waals surface area contributed by atoms with Crippen LogP contribution in [0.2, 0.25) is 5.02 Å². The molecule has 0 saturated carbocycles. The summed E-state index contributed by atoms with van der Waals surface area (Å²) in [6.45, 7) is 0.303. The number of anilines is 1. The highest BCUT2D eigenvalue weighted by Crippen LogP contribution is 2.20. The Morgan fingerprint density at radius 3 is 2.75 bits per heavy atom. The molecule has 0 aliphatic rings. The van der Waals surface area contributed by atoms with Crippen molar-refractivity contribution in [2.24, 2.45) is 7.05 Å². The van der Waals surface area contributed by atoms with Crippen molar-refractivity contribution < 1.29 is 4.79 Å². The average molecular weight is 342 g/mol. The number of para-hydroxylation sites is 1. The van der Waals surface area contributed by atoms with Gasteiger partial charge in [-0.15, -0.1) is 0 Å². The lowest BCUT2D eigenvalue weighted by molar-refractivity contribution is 0.251. The van der Waals surface area contributed by atoms with E-state index in [1.165, 1.54) is 0 Å². The normalized spacial score (nSPS) is 10.4.